The van der Waals surface area contributed by atoms with Gasteiger partial charge in [0.05, 0.1) is 5.52 Å². The lowest BCUT2D eigenvalue weighted by Gasteiger charge is -2.23. The summed E-state index contributed by atoms with van der Waals surface area (Å²) >= 11 is 0. The van der Waals surface area contributed by atoms with Crippen LogP contribution in [-0.4, -0.2) is 28.0 Å². The molecular formula is C19H19N3. The molecule has 0 bridgehead atoms. The van der Waals surface area contributed by atoms with Crippen LogP contribution in [0.4, 0.5) is 0 Å². The Hall–Kier alpha value is -2.39. The molecule has 0 radical (unpaired) electrons. The number of rotatable bonds is 2. The largest absolute Gasteiger partial charge is 0.320 e. The SMILES string of the molecule is CN1CCc2c(c3ccccc3n2C=Cc2cccnc2)C1. The van der Waals surface area contributed by atoms with Gasteiger partial charge in [0.1, 0.15) is 0 Å². The Morgan fingerprint density at radius 3 is 2.91 bits per heavy atom. The van der Waals surface area contributed by atoms with Gasteiger partial charge in [-0.1, -0.05) is 24.3 Å². The average Bonchev–Trinajstić information content (AvgIpc) is 2.87. The molecule has 0 aliphatic carbocycles. The third kappa shape index (κ3) is 2.24. The number of hydrogen-bond acceptors (Lipinski definition) is 2. The molecule has 0 fully saturated rings. The second-order valence-corrected chi connectivity index (χ2v) is 5.90. The number of fused-ring (bicyclic) bond motifs is 3. The van der Waals surface area contributed by atoms with Gasteiger partial charge >= 0.3 is 0 Å². The number of benzene rings is 1. The molecule has 3 aromatic rings. The van der Waals surface area contributed by atoms with Crippen LogP contribution >= 0.6 is 0 Å². The minimum Gasteiger partial charge on any atom is -0.320 e. The Kier molecular flexibility index (Phi) is 3.28. The highest BCUT2D eigenvalue weighted by Gasteiger charge is 2.20. The van der Waals surface area contributed by atoms with E-state index in [1.807, 2.05) is 12.3 Å². The summed E-state index contributed by atoms with van der Waals surface area (Å²) in [5.41, 5.74) is 5.34. The lowest BCUT2D eigenvalue weighted by Crippen LogP contribution is -2.26. The van der Waals surface area contributed by atoms with Crippen LogP contribution in [-0.2, 0) is 13.0 Å². The molecule has 3 heteroatoms. The van der Waals surface area contributed by atoms with E-state index in [2.05, 4.69) is 64.1 Å². The number of hydrogen-bond donors (Lipinski definition) is 0. The predicted molar refractivity (Wildman–Crippen MR) is 91.4 cm³/mol. The van der Waals surface area contributed by atoms with Gasteiger partial charge in [-0.25, -0.2) is 0 Å². The van der Waals surface area contributed by atoms with Gasteiger partial charge in [-0.2, -0.15) is 0 Å². The summed E-state index contributed by atoms with van der Waals surface area (Å²) in [7, 11) is 2.19. The van der Waals surface area contributed by atoms with Gasteiger partial charge in [0.15, 0.2) is 0 Å². The zero-order chi connectivity index (χ0) is 14.9. The zero-order valence-electron chi connectivity index (χ0n) is 12.7. The summed E-state index contributed by atoms with van der Waals surface area (Å²) in [6.45, 7) is 2.15. The molecule has 0 spiro atoms. The second-order valence-electron chi connectivity index (χ2n) is 5.90. The van der Waals surface area contributed by atoms with Gasteiger partial charge in [-0.3, -0.25) is 4.98 Å². The lowest BCUT2D eigenvalue weighted by atomic mass is 10.1. The van der Waals surface area contributed by atoms with Crippen LogP contribution in [0, 0.1) is 0 Å². The van der Waals surface area contributed by atoms with Gasteiger partial charge in [0, 0.05) is 49.2 Å². The minimum atomic E-state index is 1.03. The maximum Gasteiger partial charge on any atom is 0.0528 e. The van der Waals surface area contributed by atoms with E-state index in [1.54, 1.807) is 6.20 Å². The van der Waals surface area contributed by atoms with Gasteiger partial charge in [-0.15, -0.1) is 0 Å². The lowest BCUT2D eigenvalue weighted by molar-refractivity contribution is 0.312. The topological polar surface area (TPSA) is 21.1 Å². The fraction of sp³-hybridized carbons (Fsp3) is 0.211. The molecule has 0 saturated heterocycles. The highest BCUT2D eigenvalue weighted by molar-refractivity contribution is 5.88. The Morgan fingerprint density at radius 2 is 2.05 bits per heavy atom. The number of aromatic nitrogens is 2. The van der Waals surface area contributed by atoms with E-state index in [1.165, 1.54) is 22.2 Å². The fourth-order valence-electron chi connectivity index (χ4n) is 3.28. The first kappa shape index (κ1) is 13.3. The third-order valence-electron chi connectivity index (χ3n) is 4.39. The van der Waals surface area contributed by atoms with Crippen molar-refractivity contribution in [3.05, 3.63) is 65.6 Å². The van der Waals surface area contributed by atoms with Crippen molar-refractivity contribution in [1.82, 2.24) is 14.5 Å². The first-order chi connectivity index (χ1) is 10.8. The number of nitrogens with zero attached hydrogens (tertiary/aromatic N) is 3. The smallest absolute Gasteiger partial charge is 0.0528 e. The monoisotopic (exact) mass is 289 g/mol. The van der Waals surface area contributed by atoms with E-state index in [-0.39, 0.29) is 0 Å². The van der Waals surface area contributed by atoms with Crippen LogP contribution in [0.3, 0.4) is 0 Å². The molecule has 2 aromatic heterocycles. The molecule has 4 rings (SSSR count). The summed E-state index contributed by atoms with van der Waals surface area (Å²) < 4.78 is 2.35. The Balaban J connectivity index is 1.85. The molecule has 110 valence electrons. The number of para-hydroxylation sites is 1. The van der Waals surface area contributed by atoms with Crippen LogP contribution in [0.25, 0.3) is 23.2 Å². The molecule has 1 aliphatic heterocycles. The van der Waals surface area contributed by atoms with Crippen LogP contribution in [0.2, 0.25) is 0 Å². The quantitative estimate of drug-likeness (QED) is 0.718. The van der Waals surface area contributed by atoms with Crippen LogP contribution in [0.15, 0.2) is 48.8 Å². The normalized spacial score (nSPS) is 15.5. The maximum atomic E-state index is 4.18. The van der Waals surface area contributed by atoms with Crippen molar-refractivity contribution < 1.29 is 0 Å². The molecule has 1 aliphatic rings. The van der Waals surface area contributed by atoms with E-state index < -0.39 is 0 Å². The molecule has 0 atom stereocenters. The molecule has 0 N–H and O–H groups in total. The van der Waals surface area contributed by atoms with Gasteiger partial charge in [-0.05, 0) is 36.4 Å². The van der Waals surface area contributed by atoms with E-state index in [0.717, 1.165) is 25.1 Å². The second kappa shape index (κ2) is 5.43. The van der Waals surface area contributed by atoms with E-state index in [9.17, 15) is 0 Å². The molecule has 3 nitrogen and oxygen atoms in total. The summed E-state index contributed by atoms with van der Waals surface area (Å²) in [6.07, 6.45) is 9.11. The summed E-state index contributed by atoms with van der Waals surface area (Å²) in [5, 5.41) is 1.37. The molecule has 1 aromatic carbocycles. The predicted octanol–water partition coefficient (Wildman–Crippen LogP) is 3.65. The Morgan fingerprint density at radius 1 is 1.14 bits per heavy atom. The molecule has 22 heavy (non-hydrogen) atoms. The highest BCUT2D eigenvalue weighted by Crippen LogP contribution is 2.30. The number of pyridine rings is 1. The Bertz CT molecular complexity index is 831. The Labute approximate surface area is 130 Å². The van der Waals surface area contributed by atoms with Gasteiger partial charge < -0.3 is 9.47 Å². The van der Waals surface area contributed by atoms with Crippen LogP contribution in [0.1, 0.15) is 16.8 Å². The molecule has 0 saturated carbocycles. The maximum absolute atomic E-state index is 4.18. The minimum absolute atomic E-state index is 1.03. The van der Waals surface area contributed by atoms with Crippen molar-refractivity contribution in [3.8, 4) is 0 Å². The third-order valence-corrected chi connectivity index (χ3v) is 4.39. The first-order valence-electron chi connectivity index (χ1n) is 7.70. The van der Waals surface area contributed by atoms with Crippen LogP contribution < -0.4 is 0 Å². The van der Waals surface area contributed by atoms with E-state index in [4.69, 9.17) is 0 Å². The van der Waals surface area contributed by atoms with Crippen molar-refractivity contribution in [2.75, 3.05) is 13.6 Å². The zero-order valence-corrected chi connectivity index (χ0v) is 12.7. The highest BCUT2D eigenvalue weighted by atomic mass is 15.1. The van der Waals surface area contributed by atoms with Gasteiger partial charge in [0.25, 0.3) is 0 Å². The van der Waals surface area contributed by atoms with Crippen molar-refractivity contribution in [2.45, 2.75) is 13.0 Å². The standard InChI is InChI=1S/C19H19N3/c1-21-11-9-19-17(14-21)16-6-2-3-7-18(16)22(19)12-8-15-5-4-10-20-13-15/h2-8,10,12-13H,9,11,14H2,1H3. The molecule has 0 unspecified atom stereocenters. The summed E-state index contributed by atoms with van der Waals surface area (Å²) in [5.74, 6) is 0. The molecular weight excluding hydrogens is 270 g/mol. The van der Waals surface area contributed by atoms with E-state index in [0.29, 0.717) is 0 Å². The van der Waals surface area contributed by atoms with Gasteiger partial charge in [0.2, 0.25) is 0 Å². The average molecular weight is 289 g/mol. The van der Waals surface area contributed by atoms with Crippen LogP contribution in [0.5, 0.6) is 0 Å². The first-order valence-corrected chi connectivity index (χ1v) is 7.70. The van der Waals surface area contributed by atoms with E-state index >= 15 is 0 Å². The fourth-order valence-corrected chi connectivity index (χ4v) is 3.28. The van der Waals surface area contributed by atoms with Crippen molar-refractivity contribution in [1.29, 1.82) is 0 Å². The van der Waals surface area contributed by atoms with Crippen molar-refractivity contribution in [2.24, 2.45) is 0 Å². The summed E-state index contributed by atoms with van der Waals surface area (Å²) in [4.78, 5) is 6.57. The number of likely N-dealkylation sites (N-methyl/N-ethyl adjacent to an activating group) is 1. The molecule has 0 amide bonds. The molecule has 3 heterocycles. The van der Waals surface area contributed by atoms with Crippen molar-refractivity contribution >= 4 is 23.2 Å². The summed E-state index contributed by atoms with van der Waals surface area (Å²) in [6, 6.07) is 12.7. The van der Waals surface area contributed by atoms with Crippen molar-refractivity contribution in [3.63, 3.8) is 0 Å².